The molecular formula is C21H20BrFN4O. The number of H-pyrrole nitrogens is 1. The van der Waals surface area contributed by atoms with Crippen LogP contribution in [0.1, 0.15) is 12.0 Å². The van der Waals surface area contributed by atoms with Crippen LogP contribution in [0.4, 0.5) is 10.2 Å². The minimum absolute atomic E-state index is 0.0307. The summed E-state index contributed by atoms with van der Waals surface area (Å²) in [6, 6.07) is 16.2. The SMILES string of the molecule is O=C(Cc1ccc(Br)cc1)N[C@H]1CCN(c2cc(-c3ccc(F)cc3)[nH]n2)C1. The third-order valence-corrected chi connectivity index (χ3v) is 5.40. The number of benzene rings is 2. The highest BCUT2D eigenvalue weighted by atomic mass is 79.9. The van der Waals surface area contributed by atoms with Crippen LogP contribution in [0.3, 0.4) is 0 Å². The highest BCUT2D eigenvalue weighted by molar-refractivity contribution is 9.10. The third-order valence-electron chi connectivity index (χ3n) is 4.87. The Hall–Kier alpha value is -2.67. The summed E-state index contributed by atoms with van der Waals surface area (Å²) in [4.78, 5) is 14.5. The molecule has 1 aliphatic rings. The van der Waals surface area contributed by atoms with Crippen molar-refractivity contribution in [3.05, 3.63) is 70.5 Å². The fourth-order valence-electron chi connectivity index (χ4n) is 3.40. The summed E-state index contributed by atoms with van der Waals surface area (Å²) in [5, 5.41) is 10.5. The first-order valence-electron chi connectivity index (χ1n) is 9.17. The fraction of sp³-hybridized carbons (Fsp3) is 0.238. The Morgan fingerprint density at radius 1 is 1.21 bits per heavy atom. The standard InChI is InChI=1S/C21H20BrFN4O/c22-16-5-1-14(2-6-16)11-21(28)24-18-9-10-27(13-18)20-12-19(25-26-20)15-3-7-17(23)8-4-15/h1-8,12,18H,9-11,13H2,(H,24,28)(H,25,26)/t18-/m0/s1. The van der Waals surface area contributed by atoms with Crippen molar-refractivity contribution in [2.24, 2.45) is 0 Å². The van der Waals surface area contributed by atoms with Crippen molar-refractivity contribution in [1.29, 1.82) is 0 Å². The second-order valence-electron chi connectivity index (χ2n) is 6.95. The second-order valence-corrected chi connectivity index (χ2v) is 7.86. The number of carbonyl (C=O) groups is 1. The number of rotatable bonds is 5. The molecule has 3 aromatic rings. The van der Waals surface area contributed by atoms with Gasteiger partial charge in [-0.05, 0) is 53.9 Å². The van der Waals surface area contributed by atoms with Gasteiger partial charge in [-0.2, -0.15) is 5.10 Å². The van der Waals surface area contributed by atoms with Crippen LogP contribution in [0.25, 0.3) is 11.3 Å². The van der Waals surface area contributed by atoms with Gasteiger partial charge in [0.15, 0.2) is 5.82 Å². The Labute approximate surface area is 171 Å². The monoisotopic (exact) mass is 442 g/mol. The lowest BCUT2D eigenvalue weighted by atomic mass is 10.1. The fourth-order valence-corrected chi connectivity index (χ4v) is 3.67. The molecule has 7 heteroatoms. The molecule has 144 valence electrons. The van der Waals surface area contributed by atoms with Gasteiger partial charge in [-0.15, -0.1) is 0 Å². The quantitative estimate of drug-likeness (QED) is 0.629. The summed E-state index contributed by atoms with van der Waals surface area (Å²) in [7, 11) is 0. The van der Waals surface area contributed by atoms with E-state index in [0.29, 0.717) is 6.42 Å². The third kappa shape index (κ3) is 4.42. The Kier molecular flexibility index (Phi) is 5.43. The molecule has 0 bridgehead atoms. The highest BCUT2D eigenvalue weighted by Gasteiger charge is 2.25. The predicted octanol–water partition coefficient (Wildman–Crippen LogP) is 3.92. The molecule has 2 aromatic carbocycles. The zero-order chi connectivity index (χ0) is 19.5. The lowest BCUT2D eigenvalue weighted by Crippen LogP contribution is -2.38. The smallest absolute Gasteiger partial charge is 0.224 e. The van der Waals surface area contributed by atoms with Crippen molar-refractivity contribution in [3.8, 4) is 11.3 Å². The number of hydrogen-bond acceptors (Lipinski definition) is 3. The van der Waals surface area contributed by atoms with Gasteiger partial charge >= 0.3 is 0 Å². The number of carbonyl (C=O) groups excluding carboxylic acids is 1. The number of hydrogen-bond donors (Lipinski definition) is 2. The topological polar surface area (TPSA) is 61.0 Å². The van der Waals surface area contributed by atoms with E-state index in [9.17, 15) is 9.18 Å². The first-order valence-corrected chi connectivity index (χ1v) is 9.96. The number of halogens is 2. The molecule has 28 heavy (non-hydrogen) atoms. The highest BCUT2D eigenvalue weighted by Crippen LogP contribution is 2.24. The first-order chi connectivity index (χ1) is 13.6. The number of nitrogens with zero attached hydrogens (tertiary/aromatic N) is 2. The molecule has 0 spiro atoms. The normalized spacial score (nSPS) is 16.4. The molecule has 1 aliphatic heterocycles. The average molecular weight is 443 g/mol. The number of anilines is 1. The summed E-state index contributed by atoms with van der Waals surface area (Å²) >= 11 is 3.40. The summed E-state index contributed by atoms with van der Waals surface area (Å²) in [6.45, 7) is 1.55. The van der Waals surface area contributed by atoms with E-state index in [1.807, 2.05) is 30.3 Å². The maximum absolute atomic E-state index is 13.1. The van der Waals surface area contributed by atoms with Crippen LogP contribution >= 0.6 is 15.9 Å². The summed E-state index contributed by atoms with van der Waals surface area (Å²) in [6.07, 6.45) is 1.26. The zero-order valence-electron chi connectivity index (χ0n) is 15.2. The van der Waals surface area contributed by atoms with Crippen LogP contribution in [0.5, 0.6) is 0 Å². The van der Waals surface area contributed by atoms with Crippen LogP contribution < -0.4 is 10.2 Å². The Morgan fingerprint density at radius 3 is 2.71 bits per heavy atom. The van der Waals surface area contributed by atoms with Gasteiger partial charge in [0.2, 0.25) is 5.91 Å². The Balaban J connectivity index is 1.33. The van der Waals surface area contributed by atoms with Crippen LogP contribution in [0.2, 0.25) is 0 Å². The van der Waals surface area contributed by atoms with Crippen molar-refractivity contribution in [1.82, 2.24) is 15.5 Å². The molecule has 1 amide bonds. The Bertz CT molecular complexity index is 955. The molecule has 1 fully saturated rings. The second kappa shape index (κ2) is 8.14. The van der Waals surface area contributed by atoms with Crippen molar-refractivity contribution < 1.29 is 9.18 Å². The predicted molar refractivity (Wildman–Crippen MR) is 111 cm³/mol. The van der Waals surface area contributed by atoms with E-state index in [-0.39, 0.29) is 17.8 Å². The van der Waals surface area contributed by atoms with Gasteiger partial charge in [0.25, 0.3) is 0 Å². The largest absolute Gasteiger partial charge is 0.353 e. The average Bonchev–Trinajstić information content (AvgIpc) is 3.34. The van der Waals surface area contributed by atoms with Crippen molar-refractivity contribution in [3.63, 3.8) is 0 Å². The van der Waals surface area contributed by atoms with Crippen LogP contribution in [0.15, 0.2) is 59.1 Å². The first kappa shape index (κ1) is 18.7. The van der Waals surface area contributed by atoms with E-state index in [2.05, 4.69) is 36.3 Å². The molecule has 4 rings (SSSR count). The van der Waals surface area contributed by atoms with Gasteiger partial charge in [-0.25, -0.2) is 4.39 Å². The summed E-state index contributed by atoms with van der Waals surface area (Å²) in [5.41, 5.74) is 2.73. The molecule has 2 heterocycles. The number of aromatic nitrogens is 2. The molecular weight excluding hydrogens is 423 g/mol. The van der Waals surface area contributed by atoms with Gasteiger partial charge < -0.3 is 10.2 Å². The summed E-state index contributed by atoms with van der Waals surface area (Å²) in [5.74, 6) is 0.608. The lowest BCUT2D eigenvalue weighted by Gasteiger charge is -2.16. The lowest BCUT2D eigenvalue weighted by molar-refractivity contribution is -0.121. The molecule has 0 aliphatic carbocycles. The number of amides is 1. The van der Waals surface area contributed by atoms with Gasteiger partial charge in [-0.1, -0.05) is 28.1 Å². The van der Waals surface area contributed by atoms with Gasteiger partial charge in [0.05, 0.1) is 12.1 Å². The van der Waals surface area contributed by atoms with Crippen LogP contribution in [-0.4, -0.2) is 35.2 Å². The van der Waals surface area contributed by atoms with E-state index in [4.69, 9.17) is 0 Å². The molecule has 0 saturated carbocycles. The van der Waals surface area contributed by atoms with Crippen molar-refractivity contribution in [2.75, 3.05) is 18.0 Å². The number of aromatic amines is 1. The molecule has 1 atom stereocenters. The molecule has 0 unspecified atom stereocenters. The van der Waals surface area contributed by atoms with Crippen molar-refractivity contribution >= 4 is 27.7 Å². The molecule has 2 N–H and O–H groups in total. The molecule has 1 saturated heterocycles. The van der Waals surface area contributed by atoms with Gasteiger partial charge in [0, 0.05) is 29.7 Å². The van der Waals surface area contributed by atoms with Crippen molar-refractivity contribution in [2.45, 2.75) is 18.9 Å². The minimum atomic E-state index is -0.259. The summed E-state index contributed by atoms with van der Waals surface area (Å²) < 4.78 is 14.1. The Morgan fingerprint density at radius 2 is 1.96 bits per heavy atom. The van der Waals surface area contributed by atoms with E-state index < -0.39 is 0 Å². The zero-order valence-corrected chi connectivity index (χ0v) is 16.7. The number of nitrogens with one attached hydrogen (secondary N) is 2. The maximum atomic E-state index is 13.1. The molecule has 1 aromatic heterocycles. The van der Waals surface area contributed by atoms with E-state index in [0.717, 1.165) is 46.6 Å². The van der Waals surface area contributed by atoms with E-state index >= 15 is 0 Å². The molecule has 5 nitrogen and oxygen atoms in total. The van der Waals surface area contributed by atoms with Gasteiger partial charge in [-0.3, -0.25) is 9.89 Å². The maximum Gasteiger partial charge on any atom is 0.224 e. The van der Waals surface area contributed by atoms with Gasteiger partial charge in [0.1, 0.15) is 5.82 Å². The molecule has 0 radical (unpaired) electrons. The van der Waals surface area contributed by atoms with Crippen LogP contribution in [0, 0.1) is 5.82 Å². The van der Waals surface area contributed by atoms with E-state index in [1.54, 1.807) is 12.1 Å². The minimum Gasteiger partial charge on any atom is -0.353 e. The van der Waals surface area contributed by atoms with E-state index in [1.165, 1.54) is 12.1 Å². The van der Waals surface area contributed by atoms with Crippen LogP contribution in [-0.2, 0) is 11.2 Å².